The zero-order valence-corrected chi connectivity index (χ0v) is 20.5. The van der Waals surface area contributed by atoms with E-state index in [0.29, 0.717) is 65.7 Å². The molecule has 0 atom stereocenters. The van der Waals surface area contributed by atoms with Crippen molar-refractivity contribution in [3.63, 3.8) is 0 Å². The van der Waals surface area contributed by atoms with Gasteiger partial charge in [0.15, 0.2) is 11.6 Å². The number of benzene rings is 1. The lowest BCUT2D eigenvalue weighted by Crippen LogP contribution is -2.37. The third kappa shape index (κ3) is 4.39. The summed E-state index contributed by atoms with van der Waals surface area (Å²) in [4.78, 5) is 26.9. The van der Waals surface area contributed by atoms with Crippen molar-refractivity contribution in [2.24, 2.45) is 10.8 Å². The van der Waals surface area contributed by atoms with Crippen LogP contribution in [0.5, 0.6) is 5.75 Å². The molecule has 0 aromatic heterocycles. The molecule has 172 valence electrons. The van der Waals surface area contributed by atoms with E-state index in [4.69, 9.17) is 21.1 Å². The van der Waals surface area contributed by atoms with Gasteiger partial charge in [0.2, 0.25) is 0 Å². The van der Waals surface area contributed by atoms with E-state index in [2.05, 4.69) is 34.6 Å². The Kier molecular flexibility index (Phi) is 6.04. The molecule has 2 aliphatic carbocycles. The molecule has 0 radical (unpaired) electrons. The van der Waals surface area contributed by atoms with Gasteiger partial charge in [-0.15, -0.1) is 0 Å². The Balaban J connectivity index is 1.90. The van der Waals surface area contributed by atoms with Gasteiger partial charge in [0.1, 0.15) is 17.3 Å². The van der Waals surface area contributed by atoms with E-state index in [-0.39, 0.29) is 22.4 Å². The predicted molar refractivity (Wildman–Crippen MR) is 126 cm³/mol. The summed E-state index contributed by atoms with van der Waals surface area (Å²) < 4.78 is 12.5. The summed E-state index contributed by atoms with van der Waals surface area (Å²) in [7, 11) is 0. The summed E-state index contributed by atoms with van der Waals surface area (Å²) in [5.41, 5.74) is 1.65. The molecule has 32 heavy (non-hydrogen) atoms. The summed E-state index contributed by atoms with van der Waals surface area (Å²) >= 11 is 6.42. The number of hydrogen-bond donors (Lipinski definition) is 0. The lowest BCUT2D eigenvalue weighted by atomic mass is 9.65. The maximum atomic E-state index is 13.4. The lowest BCUT2D eigenvalue weighted by Gasteiger charge is -2.43. The molecule has 0 bridgehead atoms. The molecular weight excluding hydrogens is 424 g/mol. The molecule has 1 heterocycles. The molecule has 0 unspecified atom stereocenters. The van der Waals surface area contributed by atoms with E-state index < -0.39 is 5.92 Å². The molecule has 0 spiro atoms. The lowest BCUT2D eigenvalue weighted by molar-refractivity contribution is -0.120. The van der Waals surface area contributed by atoms with Gasteiger partial charge in [0.25, 0.3) is 0 Å². The third-order valence-corrected chi connectivity index (χ3v) is 6.86. The summed E-state index contributed by atoms with van der Waals surface area (Å²) in [5, 5.41) is 0.561. The molecule has 0 fully saturated rings. The number of ketones is 2. The Bertz CT molecular complexity index is 976. The minimum atomic E-state index is -0.490. The van der Waals surface area contributed by atoms with Crippen molar-refractivity contribution >= 4 is 23.2 Å². The SMILES string of the molecule is CCCCOc1ccc(Cl)cc1C1C2=C(CC(C)(C)CC2=O)OC2=C1C(=O)CC(C)(C)C2. The number of carbonyl (C=O) groups is 2. The van der Waals surface area contributed by atoms with Crippen LogP contribution in [0.2, 0.25) is 5.02 Å². The fourth-order valence-electron chi connectivity index (χ4n) is 5.19. The highest BCUT2D eigenvalue weighted by Crippen LogP contribution is 2.54. The third-order valence-electron chi connectivity index (χ3n) is 6.62. The molecule has 0 amide bonds. The molecule has 0 saturated carbocycles. The van der Waals surface area contributed by atoms with Gasteiger partial charge in [-0.1, -0.05) is 52.6 Å². The maximum absolute atomic E-state index is 13.4. The standard InChI is InChI=1S/C27H33ClO4/c1-6-7-10-31-20-9-8-16(28)11-17(20)23-24-18(29)12-26(2,3)14-21(24)32-22-15-27(4,5)13-19(30)25(22)23/h8-9,11,23H,6-7,10,12-15H2,1-5H3. The monoisotopic (exact) mass is 456 g/mol. The van der Waals surface area contributed by atoms with Crippen molar-refractivity contribution in [1.29, 1.82) is 0 Å². The van der Waals surface area contributed by atoms with Crippen molar-refractivity contribution < 1.29 is 19.1 Å². The Morgan fingerprint density at radius 1 is 0.969 bits per heavy atom. The normalized spacial score (nSPS) is 22.4. The number of unbranched alkanes of at least 4 members (excludes halogenated alkanes) is 1. The Hall–Kier alpha value is -2.07. The first kappa shape index (κ1) is 23.1. The van der Waals surface area contributed by atoms with Crippen LogP contribution in [-0.4, -0.2) is 18.2 Å². The number of carbonyl (C=O) groups excluding carboxylic acids is 2. The first-order valence-corrected chi connectivity index (χ1v) is 12.0. The van der Waals surface area contributed by atoms with Crippen LogP contribution in [0.1, 0.15) is 84.6 Å². The van der Waals surface area contributed by atoms with E-state index in [9.17, 15) is 9.59 Å². The van der Waals surface area contributed by atoms with Gasteiger partial charge in [-0.3, -0.25) is 9.59 Å². The first-order chi connectivity index (χ1) is 15.0. The fourth-order valence-corrected chi connectivity index (χ4v) is 5.37. The van der Waals surface area contributed by atoms with Crippen LogP contribution in [-0.2, 0) is 14.3 Å². The maximum Gasteiger partial charge on any atom is 0.163 e. The van der Waals surface area contributed by atoms with Gasteiger partial charge < -0.3 is 9.47 Å². The van der Waals surface area contributed by atoms with Crippen molar-refractivity contribution in [3.05, 3.63) is 51.4 Å². The van der Waals surface area contributed by atoms with Gasteiger partial charge in [-0.25, -0.2) is 0 Å². The summed E-state index contributed by atoms with van der Waals surface area (Å²) in [6.45, 7) is 11.0. The second-order valence-electron chi connectivity index (χ2n) is 11.0. The summed E-state index contributed by atoms with van der Waals surface area (Å²) in [6.07, 6.45) is 4.15. The number of allylic oxidation sites excluding steroid dienone is 4. The van der Waals surface area contributed by atoms with Gasteiger partial charge in [-0.05, 0) is 35.4 Å². The van der Waals surface area contributed by atoms with Crippen LogP contribution in [0, 0.1) is 10.8 Å². The quantitative estimate of drug-likeness (QED) is 0.451. The largest absolute Gasteiger partial charge is 0.493 e. The molecular formula is C27H33ClO4. The topological polar surface area (TPSA) is 52.6 Å². The fraction of sp³-hybridized carbons (Fsp3) is 0.556. The van der Waals surface area contributed by atoms with Crippen molar-refractivity contribution in [2.45, 2.75) is 79.1 Å². The zero-order valence-electron chi connectivity index (χ0n) is 19.8. The Morgan fingerprint density at radius 3 is 2.06 bits per heavy atom. The highest BCUT2D eigenvalue weighted by atomic mass is 35.5. The van der Waals surface area contributed by atoms with Crippen molar-refractivity contribution in [1.82, 2.24) is 0 Å². The molecule has 4 nitrogen and oxygen atoms in total. The molecule has 0 saturated heterocycles. The van der Waals surface area contributed by atoms with Crippen LogP contribution >= 0.6 is 11.6 Å². The van der Waals surface area contributed by atoms with Crippen molar-refractivity contribution in [3.8, 4) is 5.75 Å². The number of rotatable bonds is 5. The second kappa shape index (κ2) is 8.37. The van der Waals surface area contributed by atoms with Gasteiger partial charge in [-0.2, -0.15) is 0 Å². The van der Waals surface area contributed by atoms with Crippen LogP contribution in [0.4, 0.5) is 0 Å². The molecule has 0 N–H and O–H groups in total. The van der Waals surface area contributed by atoms with E-state index in [0.717, 1.165) is 18.4 Å². The molecule has 1 aliphatic heterocycles. The Labute approximate surface area is 196 Å². The first-order valence-electron chi connectivity index (χ1n) is 11.6. The second-order valence-corrected chi connectivity index (χ2v) is 11.4. The number of halogens is 1. The minimum absolute atomic E-state index is 0.0462. The van der Waals surface area contributed by atoms with Crippen LogP contribution in [0.25, 0.3) is 0 Å². The average molecular weight is 457 g/mol. The molecule has 1 aromatic carbocycles. The molecule has 1 aromatic rings. The zero-order chi connectivity index (χ0) is 23.3. The highest BCUT2D eigenvalue weighted by molar-refractivity contribution is 6.30. The van der Waals surface area contributed by atoms with Gasteiger partial charge in [0, 0.05) is 47.4 Å². The smallest absolute Gasteiger partial charge is 0.163 e. The number of hydrogen-bond acceptors (Lipinski definition) is 4. The van der Waals surface area contributed by atoms with E-state index in [1.54, 1.807) is 6.07 Å². The Morgan fingerprint density at radius 2 is 1.53 bits per heavy atom. The number of ether oxygens (including phenoxy) is 2. The van der Waals surface area contributed by atoms with Crippen LogP contribution in [0.15, 0.2) is 40.9 Å². The summed E-state index contributed by atoms with van der Waals surface area (Å²) in [6, 6.07) is 5.51. The minimum Gasteiger partial charge on any atom is -0.493 e. The van der Waals surface area contributed by atoms with Gasteiger partial charge >= 0.3 is 0 Å². The highest BCUT2D eigenvalue weighted by Gasteiger charge is 2.48. The molecule has 4 rings (SSSR count). The molecule has 5 heteroatoms. The average Bonchev–Trinajstić information content (AvgIpc) is 2.65. The summed E-state index contributed by atoms with van der Waals surface area (Å²) in [5.74, 6) is 1.70. The van der Waals surface area contributed by atoms with Crippen molar-refractivity contribution in [2.75, 3.05) is 6.61 Å². The van der Waals surface area contributed by atoms with Crippen LogP contribution in [0.3, 0.4) is 0 Å². The number of Topliss-reactive ketones (excluding diaryl/α,β-unsaturated/α-hetero) is 2. The van der Waals surface area contributed by atoms with E-state index in [1.165, 1.54) is 0 Å². The predicted octanol–water partition coefficient (Wildman–Crippen LogP) is 6.92. The van der Waals surface area contributed by atoms with Crippen LogP contribution < -0.4 is 4.74 Å². The van der Waals surface area contributed by atoms with E-state index in [1.807, 2.05) is 12.1 Å². The van der Waals surface area contributed by atoms with Gasteiger partial charge in [0.05, 0.1) is 12.5 Å². The van der Waals surface area contributed by atoms with E-state index >= 15 is 0 Å². The molecule has 3 aliphatic rings.